The summed E-state index contributed by atoms with van der Waals surface area (Å²) in [4.78, 5) is 20.2. The summed E-state index contributed by atoms with van der Waals surface area (Å²) in [6.45, 7) is 4.07. The molecule has 3 aromatic rings. The molecule has 1 saturated heterocycles. The average Bonchev–Trinajstić information content (AvgIpc) is 3.55. The third-order valence-corrected chi connectivity index (χ3v) is 5.49. The number of esters is 1. The first-order valence-corrected chi connectivity index (χ1v) is 10.9. The molecule has 3 aromatic carbocycles. The number of carbonyl (C=O) groups excluding carboxylic acids is 1. The van der Waals surface area contributed by atoms with Crippen molar-refractivity contribution in [2.75, 3.05) is 13.2 Å². The van der Waals surface area contributed by atoms with E-state index in [0.29, 0.717) is 19.1 Å². The molecule has 0 N–H and O–H groups in total. The minimum atomic E-state index is -0.527. The second kappa shape index (κ2) is 10.2. The molecular weight excluding hydrogens is 384 g/mol. The highest BCUT2D eigenvalue weighted by molar-refractivity contribution is 6.13. The first-order valence-electron chi connectivity index (χ1n) is 10.9. The van der Waals surface area contributed by atoms with Gasteiger partial charge in [-0.25, -0.2) is 4.79 Å². The van der Waals surface area contributed by atoms with Crippen molar-refractivity contribution in [3.8, 4) is 0 Å². The number of carbonyl (C=O) groups is 1. The highest BCUT2D eigenvalue weighted by Crippen LogP contribution is 2.27. The SMILES string of the molecule is CCOC(=O)C(CC1CN1Cc1ccccc1)N=C(c1ccccc1)c1ccccc1. The van der Waals surface area contributed by atoms with E-state index in [-0.39, 0.29) is 5.97 Å². The molecule has 0 saturated carbocycles. The summed E-state index contributed by atoms with van der Waals surface area (Å²) < 4.78 is 5.39. The Bertz CT molecular complexity index is 962. The second-order valence-corrected chi connectivity index (χ2v) is 7.78. The van der Waals surface area contributed by atoms with Gasteiger partial charge in [-0.05, 0) is 18.9 Å². The summed E-state index contributed by atoms with van der Waals surface area (Å²) in [5.74, 6) is -0.251. The lowest BCUT2D eigenvalue weighted by Crippen LogP contribution is -2.26. The van der Waals surface area contributed by atoms with E-state index in [1.54, 1.807) is 0 Å². The first-order chi connectivity index (χ1) is 15.2. The molecular formula is C27H28N2O2. The molecule has 0 aromatic heterocycles. The van der Waals surface area contributed by atoms with Crippen molar-refractivity contribution in [3.05, 3.63) is 108 Å². The Morgan fingerprint density at radius 1 is 0.935 bits per heavy atom. The van der Waals surface area contributed by atoms with Crippen molar-refractivity contribution in [1.29, 1.82) is 0 Å². The maximum absolute atomic E-state index is 12.8. The molecule has 3 atom stereocenters. The number of rotatable bonds is 9. The Labute approximate surface area is 184 Å². The number of aliphatic imine (C=N–C) groups is 1. The van der Waals surface area contributed by atoms with E-state index in [1.165, 1.54) is 5.56 Å². The molecule has 0 spiro atoms. The van der Waals surface area contributed by atoms with Gasteiger partial charge in [0.15, 0.2) is 0 Å². The van der Waals surface area contributed by atoms with Crippen molar-refractivity contribution in [3.63, 3.8) is 0 Å². The van der Waals surface area contributed by atoms with Gasteiger partial charge in [-0.2, -0.15) is 0 Å². The number of benzene rings is 3. The Kier molecular flexibility index (Phi) is 6.90. The zero-order chi connectivity index (χ0) is 21.5. The topological polar surface area (TPSA) is 41.7 Å². The molecule has 0 aliphatic carbocycles. The fourth-order valence-electron chi connectivity index (χ4n) is 3.82. The van der Waals surface area contributed by atoms with Gasteiger partial charge >= 0.3 is 5.97 Å². The summed E-state index contributed by atoms with van der Waals surface area (Å²) in [5.41, 5.74) is 4.12. The lowest BCUT2D eigenvalue weighted by atomic mass is 10.0. The molecule has 1 fully saturated rings. The van der Waals surface area contributed by atoms with Crippen LogP contribution in [-0.2, 0) is 16.1 Å². The van der Waals surface area contributed by atoms with Crippen LogP contribution in [0.5, 0.6) is 0 Å². The quantitative estimate of drug-likeness (QED) is 0.290. The van der Waals surface area contributed by atoms with Crippen LogP contribution in [0.1, 0.15) is 30.0 Å². The van der Waals surface area contributed by atoms with E-state index < -0.39 is 6.04 Å². The number of nitrogens with zero attached hydrogens (tertiary/aromatic N) is 2. The van der Waals surface area contributed by atoms with E-state index >= 15 is 0 Å². The maximum Gasteiger partial charge on any atom is 0.330 e. The van der Waals surface area contributed by atoms with E-state index in [2.05, 4.69) is 29.2 Å². The molecule has 0 radical (unpaired) electrons. The normalized spacial score (nSPS) is 18.1. The van der Waals surface area contributed by atoms with Crippen LogP contribution in [0.2, 0.25) is 0 Å². The third kappa shape index (κ3) is 5.68. The van der Waals surface area contributed by atoms with Gasteiger partial charge in [-0.3, -0.25) is 9.89 Å². The van der Waals surface area contributed by atoms with E-state index in [9.17, 15) is 4.79 Å². The molecule has 1 aliphatic rings. The van der Waals surface area contributed by atoms with E-state index in [1.807, 2.05) is 73.7 Å². The van der Waals surface area contributed by atoms with Crippen LogP contribution in [-0.4, -0.2) is 41.8 Å². The van der Waals surface area contributed by atoms with Gasteiger partial charge in [-0.1, -0.05) is 91.0 Å². The molecule has 1 aliphatic heterocycles. The smallest absolute Gasteiger partial charge is 0.330 e. The molecule has 1 heterocycles. The number of ether oxygens (including phenoxy) is 1. The molecule has 0 bridgehead atoms. The summed E-state index contributed by atoms with van der Waals surface area (Å²) in [5, 5.41) is 0. The van der Waals surface area contributed by atoms with Crippen LogP contribution in [0, 0.1) is 0 Å². The van der Waals surface area contributed by atoms with Gasteiger partial charge in [0.2, 0.25) is 0 Å². The fraction of sp³-hybridized carbons (Fsp3) is 0.259. The minimum Gasteiger partial charge on any atom is -0.464 e. The molecule has 4 rings (SSSR count). The lowest BCUT2D eigenvalue weighted by Gasteiger charge is -2.15. The zero-order valence-electron chi connectivity index (χ0n) is 17.9. The Morgan fingerprint density at radius 3 is 2.03 bits per heavy atom. The van der Waals surface area contributed by atoms with Crippen molar-refractivity contribution in [2.45, 2.75) is 32.0 Å². The van der Waals surface area contributed by atoms with Crippen LogP contribution in [0.3, 0.4) is 0 Å². The van der Waals surface area contributed by atoms with Gasteiger partial charge < -0.3 is 4.74 Å². The second-order valence-electron chi connectivity index (χ2n) is 7.78. The molecule has 4 heteroatoms. The van der Waals surface area contributed by atoms with Crippen LogP contribution in [0.25, 0.3) is 0 Å². The Balaban J connectivity index is 1.57. The van der Waals surface area contributed by atoms with E-state index in [0.717, 1.165) is 29.9 Å². The van der Waals surface area contributed by atoms with Crippen LogP contribution >= 0.6 is 0 Å². The van der Waals surface area contributed by atoms with Crippen LogP contribution in [0.15, 0.2) is 96.0 Å². The van der Waals surface area contributed by atoms with Crippen LogP contribution in [0.4, 0.5) is 0 Å². The monoisotopic (exact) mass is 412 g/mol. The Hall–Kier alpha value is -3.24. The summed E-state index contributed by atoms with van der Waals surface area (Å²) >= 11 is 0. The summed E-state index contributed by atoms with van der Waals surface area (Å²) in [7, 11) is 0. The maximum atomic E-state index is 12.8. The van der Waals surface area contributed by atoms with Crippen molar-refractivity contribution in [1.82, 2.24) is 4.90 Å². The molecule has 4 nitrogen and oxygen atoms in total. The number of hydrogen-bond donors (Lipinski definition) is 0. The van der Waals surface area contributed by atoms with Crippen molar-refractivity contribution < 1.29 is 9.53 Å². The highest BCUT2D eigenvalue weighted by Gasteiger charge is 2.38. The van der Waals surface area contributed by atoms with Gasteiger partial charge in [0.05, 0.1) is 12.3 Å². The first kappa shape index (κ1) is 21.0. The van der Waals surface area contributed by atoms with Crippen LogP contribution < -0.4 is 0 Å². The standard InChI is InChI=1S/C27H28N2O2/c1-2-31-27(30)25(18-24-20-29(24)19-21-12-6-3-7-13-21)28-26(22-14-8-4-9-15-22)23-16-10-5-11-17-23/h3-17,24-25H,2,18-20H2,1H3. The van der Waals surface area contributed by atoms with Crippen molar-refractivity contribution >= 4 is 11.7 Å². The lowest BCUT2D eigenvalue weighted by molar-refractivity contribution is -0.144. The molecule has 158 valence electrons. The molecule has 31 heavy (non-hydrogen) atoms. The summed E-state index contributed by atoms with van der Waals surface area (Å²) in [6.07, 6.45) is 0.662. The van der Waals surface area contributed by atoms with Gasteiger partial charge in [-0.15, -0.1) is 0 Å². The molecule has 3 unspecified atom stereocenters. The fourth-order valence-corrected chi connectivity index (χ4v) is 3.82. The highest BCUT2D eigenvalue weighted by atomic mass is 16.5. The van der Waals surface area contributed by atoms with Gasteiger partial charge in [0.25, 0.3) is 0 Å². The third-order valence-electron chi connectivity index (χ3n) is 5.49. The predicted octanol–water partition coefficient (Wildman–Crippen LogP) is 4.73. The number of hydrogen-bond acceptors (Lipinski definition) is 4. The Morgan fingerprint density at radius 2 is 1.48 bits per heavy atom. The minimum absolute atomic E-state index is 0.251. The van der Waals surface area contributed by atoms with Gasteiger partial charge in [0, 0.05) is 30.3 Å². The van der Waals surface area contributed by atoms with E-state index in [4.69, 9.17) is 9.73 Å². The molecule has 0 amide bonds. The zero-order valence-corrected chi connectivity index (χ0v) is 17.9. The average molecular weight is 413 g/mol. The van der Waals surface area contributed by atoms with Crippen molar-refractivity contribution in [2.24, 2.45) is 4.99 Å². The summed E-state index contributed by atoms with van der Waals surface area (Å²) in [6, 6.07) is 30.3. The van der Waals surface area contributed by atoms with Gasteiger partial charge in [0.1, 0.15) is 6.04 Å². The predicted molar refractivity (Wildman–Crippen MR) is 124 cm³/mol. The largest absolute Gasteiger partial charge is 0.464 e.